The van der Waals surface area contributed by atoms with E-state index in [0.717, 1.165) is 54.2 Å². The summed E-state index contributed by atoms with van der Waals surface area (Å²) < 4.78 is 58.2. The molecule has 0 radical (unpaired) electrons. The number of ether oxygens (including phenoxy) is 10. The molecule has 0 spiro atoms. The van der Waals surface area contributed by atoms with Gasteiger partial charge in [-0.25, -0.2) is 9.59 Å². The molecule has 4 aliphatic rings. The van der Waals surface area contributed by atoms with Crippen molar-refractivity contribution in [3.63, 3.8) is 0 Å². The molecule has 7 amide bonds. The number of unbranched alkanes of at least 4 members (excludes halogenated alkanes) is 1. The number of aldehydes is 1. The predicted molar refractivity (Wildman–Crippen MR) is 474 cm³/mol. The fraction of sp³-hybridized carbons (Fsp3) is 0.556. The van der Waals surface area contributed by atoms with Crippen molar-refractivity contribution in [3.05, 3.63) is 150 Å². The number of aliphatic hydroxyl groups is 6. The number of carbonyl (C=O) groups excluding carboxylic acids is 9. The first-order valence-electron chi connectivity index (χ1n) is 43.0. The van der Waals surface area contributed by atoms with E-state index in [9.17, 15) is 83.7 Å². The predicted octanol–water partition coefficient (Wildman–Crippen LogP) is 4.82. The third-order valence-corrected chi connectivity index (χ3v) is 25.2. The van der Waals surface area contributed by atoms with Crippen molar-refractivity contribution in [1.82, 2.24) is 37.2 Å². The fourth-order valence-electron chi connectivity index (χ4n) is 14.8. The van der Waals surface area contributed by atoms with Crippen molar-refractivity contribution in [2.75, 3.05) is 134 Å². The van der Waals surface area contributed by atoms with Crippen LogP contribution in [0.1, 0.15) is 132 Å². The van der Waals surface area contributed by atoms with Crippen LogP contribution >= 0.6 is 35.3 Å². The molecule has 0 bridgehead atoms. The molecular formula is C90H121N7O27S3. The van der Waals surface area contributed by atoms with Gasteiger partial charge in [-0.3, -0.25) is 38.4 Å². The van der Waals surface area contributed by atoms with E-state index < -0.39 is 134 Å². The molecular weight excluding hydrogens is 1710 g/mol. The first-order chi connectivity index (χ1) is 61.4. The van der Waals surface area contributed by atoms with Crippen LogP contribution < -0.4 is 42.0 Å². The Kier molecular flexibility index (Phi) is 43.6. The average Bonchev–Trinajstić information content (AvgIpc) is 1.53. The van der Waals surface area contributed by atoms with E-state index in [1.807, 2.05) is 72.4 Å². The highest BCUT2D eigenvalue weighted by molar-refractivity contribution is 8.00. The standard InChI is InChI=1S/C90H121N7O27S3/c1-58(99)94-78-71(103)52-89(57-98,123-82(78)80(107)73(105)54-92-84(109)64-27-23-62(24-28-64)60-15-5-3-6-16-60)121-35-13-49-126-50-33-91-86(111)66-31-32-68(75(51-66)120-46-45-119-44-43-118-42-41-117-40-39-116-38-37-115-34-11-20-67(101)19-9-10-22-76-77-69(56-127-76)96-88(114)97-77)70(102)21-12-47-125-48-14-36-122-90(87(112)113)53-72(104)79(95-59(2)100)83(124-90)81(108)74(106)55-93-85(110)65-29-25-63(26-30-65)61-17-7-4-8-18-61/h3-8,15-18,23-32,51,57,69,71-74,76-83,103-108H,9-14,19-22,33-50,52-56H2,1-2H3,(H,91,111)(H,92,109)(H,93,110)(H,94,99)(H,95,100)(H,112,113)(H2,96,97,114)/t69?,71-,72-,73+,74+,76?,77?,78+,79+,80+,81+,82+,83+,89+,90+/m0/s1. The lowest BCUT2D eigenvalue weighted by Gasteiger charge is -2.46. The Morgan fingerprint density at radius 3 is 1.55 bits per heavy atom. The number of urea groups is 1. The molecule has 4 heterocycles. The topological polar surface area (TPSA) is 489 Å². The fourth-order valence-corrected chi connectivity index (χ4v) is 18.0. The summed E-state index contributed by atoms with van der Waals surface area (Å²) >= 11 is 4.78. The van der Waals surface area contributed by atoms with Crippen molar-refractivity contribution in [2.45, 2.75) is 181 Å². The van der Waals surface area contributed by atoms with Gasteiger partial charge in [-0.2, -0.15) is 35.3 Å². The number of fused-ring (bicyclic) bond motifs is 1. The molecule has 0 saturated carbocycles. The van der Waals surface area contributed by atoms with Gasteiger partial charge >= 0.3 is 12.0 Å². The highest BCUT2D eigenvalue weighted by atomic mass is 32.2. The van der Waals surface area contributed by atoms with E-state index in [-0.39, 0.29) is 117 Å². The summed E-state index contributed by atoms with van der Waals surface area (Å²) in [6.45, 7) is 4.42. The van der Waals surface area contributed by atoms with Gasteiger partial charge in [0.25, 0.3) is 23.5 Å². The van der Waals surface area contributed by atoms with Gasteiger partial charge in [0.2, 0.25) is 17.6 Å². The maximum atomic E-state index is 14.0. The van der Waals surface area contributed by atoms with Crippen LogP contribution in [0.3, 0.4) is 0 Å². The van der Waals surface area contributed by atoms with Crippen molar-refractivity contribution in [3.8, 4) is 28.0 Å². The van der Waals surface area contributed by atoms with Crippen LogP contribution in [0.5, 0.6) is 5.75 Å². The number of carboxylic acids is 1. The van der Waals surface area contributed by atoms with Gasteiger partial charge in [-0.1, -0.05) is 91.3 Å². The molecule has 696 valence electrons. The van der Waals surface area contributed by atoms with E-state index in [1.165, 1.54) is 48.6 Å². The summed E-state index contributed by atoms with van der Waals surface area (Å²) in [5.74, 6) is -6.27. The molecule has 15 atom stereocenters. The number of carbonyl (C=O) groups is 10. The molecule has 4 saturated heterocycles. The molecule has 5 aromatic carbocycles. The van der Waals surface area contributed by atoms with E-state index in [2.05, 4.69) is 37.2 Å². The van der Waals surface area contributed by atoms with Crippen molar-refractivity contribution >= 4 is 94.7 Å². The first kappa shape index (κ1) is 102. The number of amides is 7. The second-order valence-electron chi connectivity index (χ2n) is 31.1. The van der Waals surface area contributed by atoms with E-state index >= 15 is 0 Å². The van der Waals surface area contributed by atoms with Crippen molar-refractivity contribution in [1.29, 1.82) is 0 Å². The van der Waals surface area contributed by atoms with Gasteiger partial charge < -0.3 is 120 Å². The quantitative estimate of drug-likeness (QED) is 0.0107. The minimum atomic E-state index is -2.53. The Morgan fingerprint density at radius 2 is 1.01 bits per heavy atom. The van der Waals surface area contributed by atoms with Crippen LogP contribution in [0, 0.1) is 0 Å². The summed E-state index contributed by atoms with van der Waals surface area (Å²) in [5.41, 5.74) is 4.59. The Labute approximate surface area is 751 Å². The second kappa shape index (κ2) is 54.2. The van der Waals surface area contributed by atoms with Crippen LogP contribution in [-0.2, 0) is 66.6 Å². The normalized spacial score (nSPS) is 22.3. The summed E-state index contributed by atoms with van der Waals surface area (Å²) in [7, 11) is 0. The SMILES string of the molecule is CC(=O)N[C@H]1[C@H]([C@H](O)[C@H](O)CNC(=O)c2ccc(-c3ccccc3)cc2)O[C@](C=O)(OCCCSCCNC(=O)c2ccc(C(=O)CCCSCCCO[C@]3(C(=O)O)C[C@H](O)[C@@H](NC(C)=O)[C@H]([C@H](O)[C@H](O)CNC(=O)c4ccc(-c5ccccc5)cc4)O3)c(OCCOCCOCCOCCOCCOCCCC(=O)CCCCC3SCC4NC(=O)NC43)c2)C[C@@H]1O. The summed E-state index contributed by atoms with van der Waals surface area (Å²) in [4.78, 5) is 128. The Balaban J connectivity index is 0.685. The number of aliphatic carboxylic acids is 1. The molecule has 4 fully saturated rings. The maximum Gasteiger partial charge on any atom is 0.364 e. The molecule has 9 rings (SSSR count). The molecule has 14 N–H and O–H groups in total. The number of benzene rings is 5. The lowest BCUT2D eigenvalue weighted by molar-refractivity contribution is -0.310. The molecule has 0 aliphatic carbocycles. The number of aliphatic hydroxyl groups excluding tert-OH is 6. The molecule has 3 unspecified atom stereocenters. The van der Waals surface area contributed by atoms with Crippen LogP contribution in [0.2, 0.25) is 0 Å². The molecule has 5 aromatic rings. The van der Waals surface area contributed by atoms with Crippen LogP contribution in [0.15, 0.2) is 127 Å². The molecule has 0 aromatic heterocycles. The minimum Gasteiger partial charge on any atom is -0.490 e. The lowest BCUT2D eigenvalue weighted by Crippen LogP contribution is -2.68. The molecule has 127 heavy (non-hydrogen) atoms. The van der Waals surface area contributed by atoms with Crippen molar-refractivity contribution in [2.24, 2.45) is 0 Å². The van der Waals surface area contributed by atoms with E-state index in [4.69, 9.17) is 47.4 Å². The third-order valence-electron chi connectivity index (χ3n) is 21.5. The number of carboxylic acid groups (broad SMARTS) is 1. The minimum absolute atomic E-state index is 0.00272. The van der Waals surface area contributed by atoms with Gasteiger partial charge in [0, 0.05) is 106 Å². The zero-order valence-corrected chi connectivity index (χ0v) is 74.0. The Bertz CT molecular complexity index is 4270. The summed E-state index contributed by atoms with van der Waals surface area (Å²) in [6.07, 6.45) is -8.93. The van der Waals surface area contributed by atoms with E-state index in [1.54, 1.807) is 48.5 Å². The number of Topliss-reactive ketones (excluding diaryl/α,β-unsaturated/α-hetero) is 2. The second-order valence-corrected chi connectivity index (χ2v) is 34.8. The number of nitrogens with one attached hydrogen (secondary N) is 7. The summed E-state index contributed by atoms with van der Waals surface area (Å²) in [6, 6.07) is 34.6. The van der Waals surface area contributed by atoms with Gasteiger partial charge in [0.05, 0.1) is 127 Å². The zero-order chi connectivity index (χ0) is 90.9. The van der Waals surface area contributed by atoms with Gasteiger partial charge in [-0.15, -0.1) is 0 Å². The largest absolute Gasteiger partial charge is 0.490 e. The third kappa shape index (κ3) is 33.1. The smallest absolute Gasteiger partial charge is 0.364 e. The number of hydrogen-bond donors (Lipinski definition) is 14. The first-order valence-corrected chi connectivity index (χ1v) is 46.4. The van der Waals surface area contributed by atoms with Gasteiger partial charge in [0.1, 0.15) is 42.6 Å². The number of ketones is 2. The maximum absolute atomic E-state index is 14.0. The zero-order valence-electron chi connectivity index (χ0n) is 71.6. The van der Waals surface area contributed by atoms with Gasteiger partial charge in [0.15, 0.2) is 12.1 Å². The molecule has 34 nitrogen and oxygen atoms in total. The van der Waals surface area contributed by atoms with Crippen LogP contribution in [0.4, 0.5) is 4.79 Å². The van der Waals surface area contributed by atoms with Gasteiger partial charge in [-0.05, 0) is 121 Å². The number of rotatable bonds is 60. The van der Waals surface area contributed by atoms with E-state index in [0.29, 0.717) is 113 Å². The summed E-state index contributed by atoms with van der Waals surface area (Å²) in [5, 5.41) is 97.7. The Morgan fingerprint density at radius 1 is 0.528 bits per heavy atom. The monoisotopic (exact) mass is 1830 g/mol. The molecule has 37 heteroatoms. The average molecular weight is 1830 g/mol. The highest BCUT2D eigenvalue weighted by Gasteiger charge is 2.56. The Hall–Kier alpha value is -8.55. The number of thioether (sulfide) groups is 3. The van der Waals surface area contributed by atoms with Crippen LogP contribution in [0.25, 0.3) is 22.3 Å². The van der Waals surface area contributed by atoms with Crippen molar-refractivity contribution < 1.29 is 131 Å². The number of hydrogen-bond acceptors (Lipinski definition) is 29. The lowest BCUT2D eigenvalue weighted by atomic mass is 9.88. The molecule has 4 aliphatic heterocycles. The van der Waals surface area contributed by atoms with Crippen LogP contribution in [-0.4, -0.2) is 319 Å². The highest BCUT2D eigenvalue weighted by Crippen LogP contribution is 2.37.